The maximum atomic E-state index is 14.7. The molecule has 2 heterocycles. The molecule has 0 radical (unpaired) electrons. The smallest absolute Gasteiger partial charge is 0.338 e. The lowest BCUT2D eigenvalue weighted by molar-refractivity contribution is 0.0690. The van der Waals surface area contributed by atoms with Gasteiger partial charge < -0.3 is 14.7 Å². The third kappa shape index (κ3) is 3.73. The first-order valence-electron chi connectivity index (χ1n) is 11.4. The molecule has 0 spiro atoms. The number of ether oxygens (including phenoxy) is 1. The predicted octanol–water partition coefficient (Wildman–Crippen LogP) is 4.29. The fourth-order valence-corrected chi connectivity index (χ4v) is 6.52. The number of hydrogen-bond acceptors (Lipinski definition) is 5. The molecule has 2 aromatic rings. The summed E-state index contributed by atoms with van der Waals surface area (Å²) in [6, 6.07) is 4.02. The summed E-state index contributed by atoms with van der Waals surface area (Å²) in [6.07, 6.45) is 3.66. The number of nitrogens with zero attached hydrogens (tertiary/aromatic N) is 1. The van der Waals surface area contributed by atoms with Crippen LogP contribution in [-0.2, 0) is 16.6 Å². The lowest BCUT2D eigenvalue weighted by Crippen LogP contribution is -2.47. The van der Waals surface area contributed by atoms with Gasteiger partial charge in [-0.15, -0.1) is 0 Å². The maximum Gasteiger partial charge on any atom is 0.338 e. The second-order valence-electron chi connectivity index (χ2n) is 9.67. The van der Waals surface area contributed by atoms with Crippen molar-refractivity contribution in [3.63, 3.8) is 0 Å². The van der Waals surface area contributed by atoms with Crippen molar-refractivity contribution in [2.45, 2.75) is 63.1 Å². The predicted molar refractivity (Wildman–Crippen MR) is 122 cm³/mol. The van der Waals surface area contributed by atoms with Gasteiger partial charge in [0.1, 0.15) is 17.3 Å². The first-order valence-corrected chi connectivity index (χ1v) is 12.9. The maximum absolute atomic E-state index is 14.7. The van der Waals surface area contributed by atoms with E-state index < -0.39 is 33.2 Å². The van der Waals surface area contributed by atoms with E-state index in [-0.39, 0.29) is 46.2 Å². The second-order valence-corrected chi connectivity index (χ2v) is 11.4. The minimum Gasteiger partial charge on any atom is -0.488 e. The molecule has 10 heteroatoms. The molecule has 5 rings (SSSR count). The summed E-state index contributed by atoms with van der Waals surface area (Å²) in [5.41, 5.74) is -0.0846. The number of anilines is 1. The summed E-state index contributed by atoms with van der Waals surface area (Å²) in [5.74, 6) is -3.77. The Labute approximate surface area is 196 Å². The van der Waals surface area contributed by atoms with Crippen LogP contribution in [0.15, 0.2) is 23.1 Å². The van der Waals surface area contributed by atoms with Gasteiger partial charge in [0.25, 0.3) is 0 Å². The Hall–Kier alpha value is -2.72. The molecule has 0 saturated heterocycles. The number of nitrogens with one attached hydrogen (secondary N) is 1. The van der Waals surface area contributed by atoms with Crippen LogP contribution in [0, 0.1) is 17.6 Å². The molecule has 182 valence electrons. The Morgan fingerprint density at radius 3 is 2.56 bits per heavy atom. The Morgan fingerprint density at radius 1 is 1.21 bits per heavy atom. The molecule has 1 aliphatic carbocycles. The van der Waals surface area contributed by atoms with Crippen LogP contribution in [0.25, 0.3) is 11.1 Å². The number of carboxylic acid groups (broad SMARTS) is 1. The standard InChI is InChI=1S/C24H26F2N2O5S/c1-12(2)6-13-10-28(14-4-3-5-14)19-9-20-16(8-21(19)34(31,32)27-13)15-7-17(24(29)30)22(25)23(26)18(15)11-33-20/h7-9,12-14,27H,3-6,10-11H2,1-2H3,(H,29,30)/t13-/m1/s1. The minimum absolute atomic E-state index is 0.0301. The summed E-state index contributed by atoms with van der Waals surface area (Å²) in [5, 5.41) is 9.33. The lowest BCUT2D eigenvalue weighted by Gasteiger charge is -2.40. The average Bonchev–Trinajstić information content (AvgIpc) is 2.81. The fraction of sp³-hybridized carbons (Fsp3) is 0.458. The summed E-state index contributed by atoms with van der Waals surface area (Å²) in [7, 11) is -3.94. The number of aromatic carboxylic acids is 1. The molecule has 1 saturated carbocycles. The first kappa shape index (κ1) is 23.0. The highest BCUT2D eigenvalue weighted by Crippen LogP contribution is 2.46. The highest BCUT2D eigenvalue weighted by atomic mass is 32.2. The molecule has 1 fully saturated rings. The van der Waals surface area contributed by atoms with Crippen molar-refractivity contribution in [1.29, 1.82) is 0 Å². The van der Waals surface area contributed by atoms with E-state index in [0.29, 0.717) is 24.4 Å². The van der Waals surface area contributed by atoms with E-state index in [1.165, 1.54) is 6.07 Å². The zero-order valence-corrected chi connectivity index (χ0v) is 19.7. The van der Waals surface area contributed by atoms with Gasteiger partial charge in [-0.3, -0.25) is 0 Å². The molecule has 3 aliphatic rings. The summed E-state index contributed by atoms with van der Waals surface area (Å²) in [4.78, 5) is 13.6. The second kappa shape index (κ2) is 8.20. The van der Waals surface area contributed by atoms with Crippen LogP contribution in [0.3, 0.4) is 0 Å². The Bertz CT molecular complexity index is 1290. The highest BCUT2D eigenvalue weighted by Gasteiger charge is 2.38. The number of carbonyl (C=O) groups is 1. The van der Waals surface area contributed by atoms with Gasteiger partial charge in [0.2, 0.25) is 10.0 Å². The van der Waals surface area contributed by atoms with Crippen molar-refractivity contribution in [2.24, 2.45) is 5.92 Å². The van der Waals surface area contributed by atoms with Crippen LogP contribution in [0.5, 0.6) is 5.75 Å². The van der Waals surface area contributed by atoms with Crippen LogP contribution < -0.4 is 14.4 Å². The fourth-order valence-electron chi connectivity index (χ4n) is 5.06. The Kier molecular flexibility index (Phi) is 5.55. The van der Waals surface area contributed by atoms with E-state index in [2.05, 4.69) is 9.62 Å². The van der Waals surface area contributed by atoms with Crippen molar-refractivity contribution in [3.05, 3.63) is 41.0 Å². The molecular weight excluding hydrogens is 466 g/mol. The Balaban J connectivity index is 1.71. The number of halogens is 2. The third-order valence-corrected chi connectivity index (χ3v) is 8.42. The minimum atomic E-state index is -3.94. The van der Waals surface area contributed by atoms with E-state index in [0.717, 1.165) is 25.3 Å². The molecule has 2 N–H and O–H groups in total. The highest BCUT2D eigenvalue weighted by molar-refractivity contribution is 7.89. The molecule has 34 heavy (non-hydrogen) atoms. The van der Waals surface area contributed by atoms with Crippen LogP contribution in [-0.4, -0.2) is 38.1 Å². The SMILES string of the molecule is CC(C)C[C@@H]1CN(C2CCC2)c2cc3c(cc2S(=O)(=O)N1)-c1cc(C(=O)O)c(F)c(F)c1CO3. The molecule has 0 bridgehead atoms. The van der Waals surface area contributed by atoms with E-state index in [4.69, 9.17) is 4.74 Å². The van der Waals surface area contributed by atoms with E-state index in [1.54, 1.807) is 6.07 Å². The zero-order chi connectivity index (χ0) is 24.4. The van der Waals surface area contributed by atoms with Crippen molar-refractivity contribution in [1.82, 2.24) is 4.72 Å². The molecule has 7 nitrogen and oxygen atoms in total. The number of sulfonamides is 1. The molecular formula is C24H26F2N2O5S. The third-order valence-electron chi connectivity index (χ3n) is 6.87. The van der Waals surface area contributed by atoms with Gasteiger partial charge in [-0.1, -0.05) is 13.8 Å². The molecule has 0 amide bonds. The van der Waals surface area contributed by atoms with Crippen LogP contribution in [0.1, 0.15) is 55.5 Å². The van der Waals surface area contributed by atoms with Gasteiger partial charge in [0.05, 0.1) is 11.3 Å². The van der Waals surface area contributed by atoms with Gasteiger partial charge in [-0.2, -0.15) is 0 Å². The quantitative estimate of drug-likeness (QED) is 0.661. The number of hydrogen-bond donors (Lipinski definition) is 2. The van der Waals surface area contributed by atoms with Crippen molar-refractivity contribution in [3.8, 4) is 16.9 Å². The van der Waals surface area contributed by atoms with Crippen LogP contribution in [0.2, 0.25) is 0 Å². The van der Waals surface area contributed by atoms with Gasteiger partial charge in [0.15, 0.2) is 11.6 Å². The lowest BCUT2D eigenvalue weighted by atomic mass is 9.89. The van der Waals surface area contributed by atoms with E-state index in [1.807, 2.05) is 13.8 Å². The van der Waals surface area contributed by atoms with Gasteiger partial charge in [0, 0.05) is 35.8 Å². The van der Waals surface area contributed by atoms with Crippen LogP contribution >= 0.6 is 0 Å². The molecule has 1 atom stereocenters. The molecule has 0 unspecified atom stereocenters. The largest absolute Gasteiger partial charge is 0.488 e. The average molecular weight is 493 g/mol. The summed E-state index contributed by atoms with van der Waals surface area (Å²) in [6.45, 7) is 4.32. The first-order chi connectivity index (χ1) is 16.1. The van der Waals surface area contributed by atoms with Gasteiger partial charge in [-0.05, 0) is 49.3 Å². The van der Waals surface area contributed by atoms with Gasteiger partial charge in [-0.25, -0.2) is 26.7 Å². The number of fused-ring (bicyclic) bond motifs is 4. The van der Waals surface area contributed by atoms with E-state index >= 15 is 0 Å². The molecule has 2 aromatic carbocycles. The Morgan fingerprint density at radius 2 is 1.94 bits per heavy atom. The number of benzene rings is 2. The molecule has 0 aromatic heterocycles. The van der Waals surface area contributed by atoms with Crippen LogP contribution in [0.4, 0.5) is 14.5 Å². The molecule has 2 aliphatic heterocycles. The van der Waals surface area contributed by atoms with Crippen molar-refractivity contribution in [2.75, 3.05) is 11.4 Å². The van der Waals surface area contributed by atoms with Gasteiger partial charge >= 0.3 is 5.97 Å². The normalized spacial score (nSPS) is 21.1. The van der Waals surface area contributed by atoms with Crippen molar-refractivity contribution < 1.29 is 31.8 Å². The zero-order valence-electron chi connectivity index (χ0n) is 18.9. The topological polar surface area (TPSA) is 95.9 Å². The monoisotopic (exact) mass is 492 g/mol. The summed E-state index contributed by atoms with van der Waals surface area (Å²) < 4.78 is 64.4. The number of carboxylic acids is 1. The summed E-state index contributed by atoms with van der Waals surface area (Å²) >= 11 is 0. The number of rotatable bonds is 4. The van der Waals surface area contributed by atoms with E-state index in [9.17, 15) is 27.1 Å². The van der Waals surface area contributed by atoms with Crippen molar-refractivity contribution >= 4 is 21.7 Å².